The lowest BCUT2D eigenvalue weighted by Crippen LogP contribution is -2.59. The number of hydrogen-bond donors (Lipinski definition) is 3. The minimum Gasteiger partial charge on any atom is -0.353 e. The first kappa shape index (κ1) is 18.2. The summed E-state index contributed by atoms with van der Waals surface area (Å²) in [6.07, 6.45) is 12.5. The summed E-state index contributed by atoms with van der Waals surface area (Å²) < 4.78 is 0. The van der Waals surface area contributed by atoms with E-state index in [2.05, 4.69) is 16.0 Å². The molecule has 0 unspecified atom stereocenters. The molecule has 0 atom stereocenters. The zero-order valence-corrected chi connectivity index (χ0v) is 14.6. The van der Waals surface area contributed by atoms with E-state index < -0.39 is 5.54 Å². The molecular weight excluding hydrogens is 290 g/mol. The molecule has 3 N–H and O–H groups in total. The average Bonchev–Trinajstić information content (AvgIpc) is 2.80. The SMILES string of the molecule is CC(=O)NC1(C(=O)NCCNC2CCCCCC2)CCCCC1. The summed E-state index contributed by atoms with van der Waals surface area (Å²) in [4.78, 5) is 24.1. The van der Waals surface area contributed by atoms with Gasteiger partial charge in [-0.3, -0.25) is 9.59 Å². The molecule has 0 aromatic heterocycles. The predicted molar refractivity (Wildman–Crippen MR) is 92.1 cm³/mol. The maximum Gasteiger partial charge on any atom is 0.245 e. The van der Waals surface area contributed by atoms with E-state index in [0.29, 0.717) is 12.6 Å². The second kappa shape index (κ2) is 9.26. The van der Waals surface area contributed by atoms with Crippen molar-refractivity contribution in [1.29, 1.82) is 0 Å². The van der Waals surface area contributed by atoms with Gasteiger partial charge in [-0.05, 0) is 25.7 Å². The summed E-state index contributed by atoms with van der Waals surface area (Å²) in [6.45, 7) is 2.94. The summed E-state index contributed by atoms with van der Waals surface area (Å²) in [6, 6.07) is 0.605. The first-order valence-corrected chi connectivity index (χ1v) is 9.43. The highest BCUT2D eigenvalue weighted by Crippen LogP contribution is 2.28. The third-order valence-electron chi connectivity index (χ3n) is 5.26. The van der Waals surface area contributed by atoms with E-state index in [1.54, 1.807) is 0 Å². The molecular formula is C18H33N3O2. The highest BCUT2D eigenvalue weighted by atomic mass is 16.2. The summed E-state index contributed by atoms with van der Waals surface area (Å²) >= 11 is 0. The van der Waals surface area contributed by atoms with Crippen LogP contribution in [0.25, 0.3) is 0 Å². The van der Waals surface area contributed by atoms with Crippen molar-refractivity contribution in [3.63, 3.8) is 0 Å². The Morgan fingerprint density at radius 2 is 1.52 bits per heavy atom. The van der Waals surface area contributed by atoms with Crippen LogP contribution in [0.4, 0.5) is 0 Å². The number of rotatable bonds is 6. The molecule has 0 aliphatic heterocycles. The van der Waals surface area contributed by atoms with Gasteiger partial charge < -0.3 is 16.0 Å². The molecule has 2 amide bonds. The predicted octanol–water partition coefficient (Wildman–Crippen LogP) is 2.25. The Balaban J connectivity index is 1.74. The molecule has 5 nitrogen and oxygen atoms in total. The van der Waals surface area contributed by atoms with Crippen LogP contribution in [0.3, 0.4) is 0 Å². The van der Waals surface area contributed by atoms with Gasteiger partial charge >= 0.3 is 0 Å². The molecule has 2 fully saturated rings. The fraction of sp³-hybridized carbons (Fsp3) is 0.889. The lowest BCUT2D eigenvalue weighted by molar-refractivity contribution is -0.134. The summed E-state index contributed by atoms with van der Waals surface area (Å²) in [5.41, 5.74) is -0.674. The summed E-state index contributed by atoms with van der Waals surface area (Å²) in [7, 11) is 0. The van der Waals surface area contributed by atoms with Crippen LogP contribution < -0.4 is 16.0 Å². The number of amides is 2. The molecule has 0 bridgehead atoms. The molecule has 132 valence electrons. The van der Waals surface area contributed by atoms with Crippen molar-refractivity contribution in [2.75, 3.05) is 13.1 Å². The van der Waals surface area contributed by atoms with E-state index in [-0.39, 0.29) is 11.8 Å². The fourth-order valence-corrected chi connectivity index (χ4v) is 4.01. The Bertz CT molecular complexity index is 384. The van der Waals surface area contributed by atoms with Crippen LogP contribution in [-0.2, 0) is 9.59 Å². The molecule has 0 saturated heterocycles. The second-order valence-electron chi connectivity index (χ2n) is 7.22. The molecule has 5 heteroatoms. The van der Waals surface area contributed by atoms with Crippen molar-refractivity contribution in [3.05, 3.63) is 0 Å². The second-order valence-corrected chi connectivity index (χ2v) is 7.22. The maximum atomic E-state index is 12.6. The fourth-order valence-electron chi connectivity index (χ4n) is 4.01. The van der Waals surface area contributed by atoms with Crippen LogP contribution in [0.2, 0.25) is 0 Å². The van der Waals surface area contributed by atoms with Crippen molar-refractivity contribution < 1.29 is 9.59 Å². The molecule has 2 rings (SSSR count). The summed E-state index contributed by atoms with van der Waals surface area (Å²) in [5, 5.41) is 9.53. The van der Waals surface area contributed by atoms with Crippen LogP contribution in [-0.4, -0.2) is 36.5 Å². The van der Waals surface area contributed by atoms with Gasteiger partial charge in [0.05, 0.1) is 0 Å². The van der Waals surface area contributed by atoms with Crippen LogP contribution in [0.5, 0.6) is 0 Å². The maximum absolute atomic E-state index is 12.6. The van der Waals surface area contributed by atoms with Crippen molar-refractivity contribution >= 4 is 11.8 Å². The first-order valence-electron chi connectivity index (χ1n) is 9.43. The monoisotopic (exact) mass is 323 g/mol. The van der Waals surface area contributed by atoms with Gasteiger partial charge in [-0.1, -0.05) is 44.9 Å². The van der Waals surface area contributed by atoms with Gasteiger partial charge in [-0.25, -0.2) is 0 Å². The molecule has 0 radical (unpaired) electrons. The Morgan fingerprint density at radius 3 is 2.13 bits per heavy atom. The van der Waals surface area contributed by atoms with Gasteiger partial charge in [0, 0.05) is 26.1 Å². The van der Waals surface area contributed by atoms with E-state index in [9.17, 15) is 9.59 Å². The van der Waals surface area contributed by atoms with Gasteiger partial charge in [-0.15, -0.1) is 0 Å². The normalized spacial score (nSPS) is 22.1. The third-order valence-corrected chi connectivity index (χ3v) is 5.26. The topological polar surface area (TPSA) is 70.2 Å². The standard InChI is InChI=1S/C18H33N3O2/c1-15(22)21-18(11-7-4-8-12-18)17(23)20-14-13-19-16-9-5-2-3-6-10-16/h16,19H,2-14H2,1H3,(H,20,23)(H,21,22). The van der Waals surface area contributed by atoms with Crippen LogP contribution >= 0.6 is 0 Å². The molecule has 0 aromatic rings. The summed E-state index contributed by atoms with van der Waals surface area (Å²) in [5.74, 6) is -0.117. The average molecular weight is 323 g/mol. The number of hydrogen-bond acceptors (Lipinski definition) is 3. The molecule has 2 aliphatic carbocycles. The number of carbonyl (C=O) groups is 2. The first-order chi connectivity index (χ1) is 11.1. The van der Waals surface area contributed by atoms with E-state index >= 15 is 0 Å². The highest BCUT2D eigenvalue weighted by molar-refractivity contribution is 5.91. The lowest BCUT2D eigenvalue weighted by Gasteiger charge is -2.36. The smallest absolute Gasteiger partial charge is 0.245 e. The van der Waals surface area contributed by atoms with Crippen LogP contribution in [0.15, 0.2) is 0 Å². The molecule has 0 heterocycles. The van der Waals surface area contributed by atoms with E-state index in [4.69, 9.17) is 0 Å². The third kappa shape index (κ3) is 5.79. The lowest BCUT2D eigenvalue weighted by atomic mass is 9.80. The van der Waals surface area contributed by atoms with Crippen molar-refractivity contribution in [2.24, 2.45) is 0 Å². The molecule has 0 spiro atoms. The number of nitrogens with one attached hydrogen (secondary N) is 3. The number of carbonyl (C=O) groups excluding carboxylic acids is 2. The zero-order chi connectivity index (χ0) is 16.5. The zero-order valence-electron chi connectivity index (χ0n) is 14.6. The highest BCUT2D eigenvalue weighted by Gasteiger charge is 2.39. The van der Waals surface area contributed by atoms with Crippen molar-refractivity contribution in [3.8, 4) is 0 Å². The van der Waals surface area contributed by atoms with E-state index in [0.717, 1.165) is 38.6 Å². The largest absolute Gasteiger partial charge is 0.353 e. The minimum atomic E-state index is -0.674. The Hall–Kier alpha value is -1.10. The van der Waals surface area contributed by atoms with Crippen molar-refractivity contribution in [1.82, 2.24) is 16.0 Å². The van der Waals surface area contributed by atoms with Gasteiger partial charge in [0.25, 0.3) is 0 Å². The molecule has 23 heavy (non-hydrogen) atoms. The van der Waals surface area contributed by atoms with Gasteiger partial charge in [0.2, 0.25) is 11.8 Å². The molecule has 2 aliphatic rings. The quantitative estimate of drug-likeness (QED) is 0.519. The van der Waals surface area contributed by atoms with Crippen molar-refractivity contribution in [2.45, 2.75) is 89.1 Å². The molecule has 2 saturated carbocycles. The minimum absolute atomic E-state index is 0.00457. The van der Waals surface area contributed by atoms with Crippen LogP contribution in [0.1, 0.15) is 77.6 Å². The van der Waals surface area contributed by atoms with E-state index in [1.165, 1.54) is 45.4 Å². The van der Waals surface area contributed by atoms with Gasteiger partial charge in [-0.2, -0.15) is 0 Å². The Kier molecular flexibility index (Phi) is 7.34. The molecule has 0 aromatic carbocycles. The van der Waals surface area contributed by atoms with Gasteiger partial charge in [0.15, 0.2) is 0 Å². The van der Waals surface area contributed by atoms with Crippen LogP contribution in [0, 0.1) is 0 Å². The van der Waals surface area contributed by atoms with Gasteiger partial charge in [0.1, 0.15) is 5.54 Å². The Labute approximate surface area is 140 Å². The Morgan fingerprint density at radius 1 is 0.913 bits per heavy atom. The van der Waals surface area contributed by atoms with E-state index in [1.807, 2.05) is 0 Å².